The molecule has 1 unspecified atom stereocenters. The molecule has 1 aliphatic rings. The first-order valence-corrected chi connectivity index (χ1v) is 18.2. The van der Waals surface area contributed by atoms with Gasteiger partial charge in [0.15, 0.2) is 0 Å². The Balaban J connectivity index is 1.44. The van der Waals surface area contributed by atoms with E-state index < -0.39 is 16.3 Å². The van der Waals surface area contributed by atoms with E-state index in [1.807, 2.05) is 45.4 Å². The van der Waals surface area contributed by atoms with Crippen LogP contribution in [0, 0.1) is 13.8 Å². The first-order valence-electron chi connectivity index (χ1n) is 15.9. The summed E-state index contributed by atoms with van der Waals surface area (Å²) in [5, 5.41) is 12.2. The van der Waals surface area contributed by atoms with Gasteiger partial charge in [-0.1, -0.05) is 48.5 Å². The number of rotatable bonds is 9. The van der Waals surface area contributed by atoms with Gasteiger partial charge in [0.2, 0.25) is 0 Å². The molecule has 0 radical (unpaired) electrons. The summed E-state index contributed by atoms with van der Waals surface area (Å²) < 4.78 is 37.4. The van der Waals surface area contributed by atoms with Gasteiger partial charge in [0.25, 0.3) is 5.91 Å². The molecule has 0 saturated heterocycles. The lowest BCUT2D eigenvalue weighted by atomic mass is 9.74. The Morgan fingerprint density at radius 3 is 2.64 bits per heavy atom. The Hall–Kier alpha value is -3.81. The van der Waals surface area contributed by atoms with E-state index >= 15 is 0 Å². The minimum Gasteiger partial charge on any atom is -0.487 e. The van der Waals surface area contributed by atoms with Crippen LogP contribution in [-0.2, 0) is 13.1 Å². The Morgan fingerprint density at radius 2 is 1.91 bits per heavy atom. The minimum absolute atomic E-state index is 0.187. The zero-order valence-electron chi connectivity index (χ0n) is 27.6. The van der Waals surface area contributed by atoms with Gasteiger partial charge in [-0.05, 0) is 105 Å². The number of aryl methyl sites for hydroxylation is 3. The molecule has 0 saturated carbocycles. The van der Waals surface area contributed by atoms with Gasteiger partial charge < -0.3 is 10.1 Å². The lowest BCUT2D eigenvalue weighted by molar-refractivity contribution is 0.0910. The molecule has 0 bridgehead atoms. The first kappa shape index (κ1) is 33.1. The van der Waals surface area contributed by atoms with E-state index in [4.69, 9.17) is 4.74 Å². The van der Waals surface area contributed by atoms with E-state index in [1.165, 1.54) is 0 Å². The van der Waals surface area contributed by atoms with Crippen LogP contribution in [-0.4, -0.2) is 56.9 Å². The van der Waals surface area contributed by atoms with Gasteiger partial charge in [-0.15, -0.1) is 15.9 Å². The van der Waals surface area contributed by atoms with Crippen molar-refractivity contribution in [3.05, 3.63) is 99.6 Å². The van der Waals surface area contributed by atoms with Crippen molar-refractivity contribution in [3.63, 3.8) is 0 Å². The molecule has 0 fully saturated rings. The Bertz CT molecular complexity index is 1910. The highest BCUT2D eigenvalue weighted by Gasteiger charge is 2.38. The van der Waals surface area contributed by atoms with Crippen LogP contribution in [0.5, 0.6) is 5.75 Å². The van der Waals surface area contributed by atoms with Gasteiger partial charge in [-0.3, -0.25) is 13.9 Å². The third kappa shape index (κ3) is 6.28. The van der Waals surface area contributed by atoms with Crippen LogP contribution >= 0.6 is 22.3 Å². The summed E-state index contributed by atoms with van der Waals surface area (Å²) in [4.78, 5) is 14.4. The smallest absolute Gasteiger partial charge is 0.263 e. The van der Waals surface area contributed by atoms with Crippen LogP contribution in [0.4, 0.5) is 0 Å². The molecule has 6 rings (SSSR count). The molecule has 0 aliphatic carbocycles. The highest BCUT2D eigenvalue weighted by molar-refractivity contribution is 8.22. The van der Waals surface area contributed by atoms with Crippen molar-refractivity contribution in [1.29, 1.82) is 0 Å². The largest absolute Gasteiger partial charge is 0.487 e. The van der Waals surface area contributed by atoms with E-state index in [0.717, 1.165) is 56.8 Å². The van der Waals surface area contributed by atoms with Crippen molar-refractivity contribution >= 4 is 39.2 Å². The third-order valence-electron chi connectivity index (χ3n) is 9.13. The number of carbonyl (C=O) groups excluding carboxylic acids is 1. The monoisotopic (exact) mass is 674 g/mol. The van der Waals surface area contributed by atoms with E-state index in [-0.39, 0.29) is 17.9 Å². The summed E-state index contributed by atoms with van der Waals surface area (Å²) in [6.45, 7) is 13.6. The van der Waals surface area contributed by atoms with Crippen LogP contribution in [0.3, 0.4) is 0 Å². The maximum absolute atomic E-state index is 13.4. The topological polar surface area (TPSA) is 126 Å². The third-order valence-corrected chi connectivity index (χ3v) is 11.8. The highest BCUT2D eigenvalue weighted by atomic mass is 32.3. The molecular formula is C35H42N6O4S2. The molecule has 47 heavy (non-hydrogen) atoms. The second-order valence-electron chi connectivity index (χ2n) is 12.7. The Labute approximate surface area is 281 Å². The van der Waals surface area contributed by atoms with E-state index in [9.17, 15) is 13.9 Å². The van der Waals surface area contributed by atoms with Gasteiger partial charge in [0.1, 0.15) is 27.1 Å². The molecule has 1 amide bonds. The summed E-state index contributed by atoms with van der Waals surface area (Å²) in [5.74, 6) is 0.0387. The molecule has 5 aromatic rings. The summed E-state index contributed by atoms with van der Waals surface area (Å²) in [7, 11) is -3.33. The van der Waals surface area contributed by atoms with Gasteiger partial charge in [0.05, 0.1) is 12.1 Å². The minimum atomic E-state index is -3.33. The number of aromatic nitrogens is 4. The average molecular weight is 675 g/mol. The van der Waals surface area contributed by atoms with Crippen LogP contribution in [0.1, 0.15) is 77.5 Å². The lowest BCUT2D eigenvalue weighted by Crippen LogP contribution is -2.48. The standard InChI is InChI=1S/C35H42N6O4S2/c1-7-26-21-40(47(43,44)31-12-10-9-11-29(31)45-26)20-25-19-24(14-13-22(25)3)32(35(5,6)37-34(42)30-17-18-36-46-30)27-15-16-28-33(23(27)4)38-39-41(28)8-2/h9-19,26,32,43-44H,7-8,20-21H2,1-6H3,(H,37,42)/t26?,32-/m0/s1. The summed E-state index contributed by atoms with van der Waals surface area (Å²) in [6.07, 6.45) is 2.15. The van der Waals surface area contributed by atoms with E-state index in [0.29, 0.717) is 35.2 Å². The molecule has 1 aliphatic heterocycles. The fourth-order valence-electron chi connectivity index (χ4n) is 6.53. The molecule has 0 spiro atoms. The first-order chi connectivity index (χ1) is 22.4. The molecular weight excluding hydrogens is 633 g/mol. The molecule has 3 N–H and O–H groups in total. The number of fused-ring (bicyclic) bond motifs is 2. The van der Waals surface area contributed by atoms with Crippen molar-refractivity contribution < 1.29 is 18.6 Å². The van der Waals surface area contributed by atoms with Gasteiger partial charge in [-0.2, -0.15) is 4.31 Å². The second-order valence-corrected chi connectivity index (χ2v) is 15.5. The Kier molecular flexibility index (Phi) is 9.16. The fourth-order valence-corrected chi connectivity index (χ4v) is 8.64. The van der Waals surface area contributed by atoms with Crippen molar-refractivity contribution in [2.24, 2.45) is 0 Å². The van der Waals surface area contributed by atoms with Gasteiger partial charge in [0, 0.05) is 30.7 Å². The van der Waals surface area contributed by atoms with Crippen molar-refractivity contribution in [1.82, 2.24) is 29.0 Å². The zero-order valence-corrected chi connectivity index (χ0v) is 29.2. The number of carbonyl (C=O) groups is 1. The number of hydrogen-bond donors (Lipinski definition) is 3. The van der Waals surface area contributed by atoms with Crippen molar-refractivity contribution in [3.8, 4) is 5.75 Å². The number of para-hydroxylation sites is 1. The van der Waals surface area contributed by atoms with Gasteiger partial charge >= 0.3 is 0 Å². The summed E-state index contributed by atoms with van der Waals surface area (Å²) in [6, 6.07) is 19.4. The summed E-state index contributed by atoms with van der Waals surface area (Å²) in [5.41, 5.74) is 6.03. The average Bonchev–Trinajstić information content (AvgIpc) is 3.72. The zero-order chi connectivity index (χ0) is 33.5. The van der Waals surface area contributed by atoms with Crippen molar-refractivity contribution in [2.75, 3.05) is 6.54 Å². The molecule has 10 nitrogen and oxygen atoms in total. The number of hydrogen-bond acceptors (Lipinski definition) is 9. The van der Waals surface area contributed by atoms with Gasteiger partial charge in [-0.25, -0.2) is 9.06 Å². The van der Waals surface area contributed by atoms with Crippen LogP contribution < -0.4 is 10.1 Å². The molecule has 12 heteroatoms. The maximum atomic E-state index is 13.4. The van der Waals surface area contributed by atoms with E-state index in [1.54, 1.807) is 34.8 Å². The molecule has 2 aromatic heterocycles. The number of nitrogens with one attached hydrogen (secondary N) is 1. The quantitative estimate of drug-likeness (QED) is 0.146. The second kappa shape index (κ2) is 13.0. The number of amides is 1. The predicted molar refractivity (Wildman–Crippen MR) is 187 cm³/mol. The molecule has 248 valence electrons. The Morgan fingerprint density at radius 1 is 1.13 bits per heavy atom. The number of ether oxygens (including phenoxy) is 1. The van der Waals surface area contributed by atoms with Crippen LogP contribution in [0.25, 0.3) is 11.0 Å². The SMILES string of the molecule is CCC1CN(Cc2cc([C@@H](c3ccc4c(nnn4CC)c3C)C(C)(C)NC(=O)c3ccns3)ccc2C)S(O)(O)c2ccccc2O1. The summed E-state index contributed by atoms with van der Waals surface area (Å²) >= 11 is 1.16. The number of nitrogens with zero attached hydrogens (tertiary/aromatic N) is 5. The maximum Gasteiger partial charge on any atom is 0.263 e. The van der Waals surface area contributed by atoms with Crippen molar-refractivity contribution in [2.45, 2.75) is 83.5 Å². The molecule has 3 heterocycles. The fraction of sp³-hybridized carbons (Fsp3) is 0.371. The molecule has 2 atom stereocenters. The molecule has 3 aromatic carbocycles. The van der Waals surface area contributed by atoms with E-state index in [2.05, 4.69) is 57.3 Å². The van der Waals surface area contributed by atoms with Crippen LogP contribution in [0.2, 0.25) is 0 Å². The number of benzene rings is 3. The normalized spacial score (nSPS) is 17.8. The van der Waals surface area contributed by atoms with Crippen LogP contribution in [0.15, 0.2) is 71.8 Å². The highest BCUT2D eigenvalue weighted by Crippen LogP contribution is 2.57. The predicted octanol–water partition coefficient (Wildman–Crippen LogP) is 7.56. The lowest BCUT2D eigenvalue weighted by Gasteiger charge is -2.42.